The van der Waals surface area contributed by atoms with E-state index in [1.807, 2.05) is 5.32 Å². The highest BCUT2D eigenvalue weighted by Crippen LogP contribution is 2.16. The van der Waals surface area contributed by atoms with Gasteiger partial charge in [0.2, 0.25) is 5.91 Å². The molecule has 0 saturated heterocycles. The number of aryl methyl sites for hydroxylation is 1. The molecule has 0 aliphatic carbocycles. The van der Waals surface area contributed by atoms with E-state index in [2.05, 4.69) is 5.32 Å². The van der Waals surface area contributed by atoms with Crippen molar-refractivity contribution in [1.82, 2.24) is 5.32 Å². The number of halogens is 1. The zero-order valence-electron chi connectivity index (χ0n) is 9.58. The number of nitrogens with two attached hydrogens (primary N) is 1. The summed E-state index contributed by atoms with van der Waals surface area (Å²) in [5, 5.41) is 4.56. The zero-order valence-corrected chi connectivity index (χ0v) is 9.58. The number of nitrogens with one attached hydrogen (secondary N) is 2. The van der Waals surface area contributed by atoms with E-state index in [-0.39, 0.29) is 5.69 Å². The third-order valence-corrected chi connectivity index (χ3v) is 2.14. The summed E-state index contributed by atoms with van der Waals surface area (Å²) in [5.74, 6) is -1.07. The molecule has 1 aromatic rings. The van der Waals surface area contributed by atoms with Crippen LogP contribution in [0.1, 0.15) is 12.5 Å². The number of hydrogen-bond donors (Lipinski definition) is 3. The molecular weight excluding hydrogens is 225 g/mol. The number of rotatable bonds is 3. The van der Waals surface area contributed by atoms with Crippen molar-refractivity contribution in [1.29, 1.82) is 0 Å². The smallest absolute Gasteiger partial charge is 0.318 e. The van der Waals surface area contributed by atoms with Gasteiger partial charge in [-0.2, -0.15) is 0 Å². The molecule has 0 heterocycles. The molecule has 1 unspecified atom stereocenters. The summed E-state index contributed by atoms with van der Waals surface area (Å²) in [6, 6.07) is 2.89. The van der Waals surface area contributed by atoms with Gasteiger partial charge < -0.3 is 11.1 Å². The standard InChI is InChI=1S/C11H14FN3O2/c1-6-3-4-9(8(12)5-6)14-7(2)10(16)15-11(13)17/h3-5,7,14H,1-2H3,(H3,13,15,16,17). The van der Waals surface area contributed by atoms with Gasteiger partial charge in [0, 0.05) is 0 Å². The Kier molecular flexibility index (Phi) is 4.03. The van der Waals surface area contributed by atoms with Crippen LogP contribution >= 0.6 is 0 Å². The van der Waals surface area contributed by atoms with Crippen LogP contribution in [0, 0.1) is 12.7 Å². The average molecular weight is 239 g/mol. The molecule has 17 heavy (non-hydrogen) atoms. The highest BCUT2D eigenvalue weighted by molar-refractivity contribution is 5.97. The normalized spacial score (nSPS) is 11.7. The van der Waals surface area contributed by atoms with E-state index in [4.69, 9.17) is 5.73 Å². The Morgan fingerprint density at radius 3 is 2.59 bits per heavy atom. The van der Waals surface area contributed by atoms with E-state index >= 15 is 0 Å². The average Bonchev–Trinajstić information content (AvgIpc) is 2.21. The second kappa shape index (κ2) is 5.29. The first-order valence-electron chi connectivity index (χ1n) is 5.03. The molecule has 3 amide bonds. The Hall–Kier alpha value is -2.11. The van der Waals surface area contributed by atoms with E-state index in [0.717, 1.165) is 5.56 Å². The summed E-state index contributed by atoms with van der Waals surface area (Å²) in [5.41, 5.74) is 5.78. The van der Waals surface area contributed by atoms with Crippen molar-refractivity contribution in [2.24, 2.45) is 5.73 Å². The van der Waals surface area contributed by atoms with Crippen molar-refractivity contribution >= 4 is 17.6 Å². The second-order valence-corrected chi connectivity index (χ2v) is 3.70. The lowest BCUT2D eigenvalue weighted by Crippen LogP contribution is -2.43. The summed E-state index contributed by atoms with van der Waals surface area (Å²) < 4.78 is 13.5. The van der Waals surface area contributed by atoms with Gasteiger partial charge in [0.25, 0.3) is 0 Å². The van der Waals surface area contributed by atoms with E-state index in [1.54, 1.807) is 13.0 Å². The van der Waals surface area contributed by atoms with E-state index in [0.29, 0.717) is 0 Å². The molecule has 4 N–H and O–H groups in total. The third kappa shape index (κ3) is 3.75. The van der Waals surface area contributed by atoms with Gasteiger partial charge in [-0.1, -0.05) is 6.07 Å². The van der Waals surface area contributed by atoms with Crippen LogP contribution in [0.4, 0.5) is 14.9 Å². The second-order valence-electron chi connectivity index (χ2n) is 3.70. The molecule has 1 aromatic carbocycles. The number of carbonyl (C=O) groups excluding carboxylic acids is 2. The van der Waals surface area contributed by atoms with Crippen LogP contribution in [-0.2, 0) is 4.79 Å². The first-order chi connectivity index (χ1) is 7.90. The third-order valence-electron chi connectivity index (χ3n) is 2.14. The number of hydrogen-bond acceptors (Lipinski definition) is 3. The highest BCUT2D eigenvalue weighted by atomic mass is 19.1. The molecular formula is C11H14FN3O2. The summed E-state index contributed by atoms with van der Waals surface area (Å²) in [6.07, 6.45) is 0. The summed E-state index contributed by atoms with van der Waals surface area (Å²) in [4.78, 5) is 21.8. The minimum absolute atomic E-state index is 0.197. The van der Waals surface area contributed by atoms with Crippen LogP contribution in [0.25, 0.3) is 0 Å². The van der Waals surface area contributed by atoms with Gasteiger partial charge >= 0.3 is 6.03 Å². The first kappa shape index (κ1) is 13.0. The maximum Gasteiger partial charge on any atom is 0.318 e. The van der Waals surface area contributed by atoms with Crippen LogP contribution in [0.2, 0.25) is 0 Å². The highest BCUT2D eigenvalue weighted by Gasteiger charge is 2.15. The molecule has 5 nitrogen and oxygen atoms in total. The topological polar surface area (TPSA) is 84.2 Å². The van der Waals surface area contributed by atoms with Gasteiger partial charge in [0.15, 0.2) is 0 Å². The molecule has 0 saturated carbocycles. The number of carbonyl (C=O) groups is 2. The minimum atomic E-state index is -0.937. The fourth-order valence-electron chi connectivity index (χ4n) is 1.27. The minimum Gasteiger partial charge on any atom is -0.372 e. The molecule has 0 bridgehead atoms. The van der Waals surface area contributed by atoms with Crippen LogP contribution in [0.3, 0.4) is 0 Å². The number of imide groups is 1. The number of amides is 3. The van der Waals surface area contributed by atoms with Crippen LogP contribution < -0.4 is 16.4 Å². The molecule has 6 heteroatoms. The Morgan fingerprint density at radius 1 is 1.41 bits per heavy atom. The first-order valence-corrected chi connectivity index (χ1v) is 5.03. The quantitative estimate of drug-likeness (QED) is 0.739. The van der Waals surface area contributed by atoms with Gasteiger partial charge in [-0.15, -0.1) is 0 Å². The van der Waals surface area contributed by atoms with Crippen LogP contribution in [0.5, 0.6) is 0 Å². The van der Waals surface area contributed by atoms with Crippen molar-refractivity contribution in [3.8, 4) is 0 Å². The van der Waals surface area contributed by atoms with Crippen molar-refractivity contribution in [2.75, 3.05) is 5.32 Å². The fraction of sp³-hybridized carbons (Fsp3) is 0.273. The lowest BCUT2D eigenvalue weighted by atomic mass is 10.2. The number of anilines is 1. The summed E-state index contributed by atoms with van der Waals surface area (Å²) in [7, 11) is 0. The van der Waals surface area contributed by atoms with Crippen LogP contribution in [0.15, 0.2) is 18.2 Å². The molecule has 0 aliphatic heterocycles. The summed E-state index contributed by atoms with van der Waals surface area (Å²) >= 11 is 0. The molecule has 0 spiro atoms. The van der Waals surface area contributed by atoms with Gasteiger partial charge in [0.05, 0.1) is 5.69 Å². The van der Waals surface area contributed by atoms with Gasteiger partial charge in [-0.05, 0) is 31.5 Å². The largest absolute Gasteiger partial charge is 0.372 e. The maximum absolute atomic E-state index is 13.5. The Bertz CT molecular complexity index is 448. The lowest BCUT2D eigenvalue weighted by Gasteiger charge is -2.14. The molecule has 0 aromatic heterocycles. The molecule has 0 fully saturated rings. The monoisotopic (exact) mass is 239 g/mol. The predicted molar refractivity (Wildman–Crippen MR) is 61.9 cm³/mol. The Labute approximate surface area is 98.2 Å². The van der Waals surface area contributed by atoms with Gasteiger partial charge in [0.1, 0.15) is 11.9 Å². The van der Waals surface area contributed by atoms with Crippen molar-refractivity contribution in [2.45, 2.75) is 19.9 Å². The fourth-order valence-corrected chi connectivity index (χ4v) is 1.27. The lowest BCUT2D eigenvalue weighted by molar-refractivity contribution is -0.120. The predicted octanol–water partition coefficient (Wildman–Crippen LogP) is 1.13. The molecule has 0 aliphatic rings. The Morgan fingerprint density at radius 2 is 2.06 bits per heavy atom. The number of urea groups is 1. The SMILES string of the molecule is Cc1ccc(NC(C)C(=O)NC(N)=O)c(F)c1. The van der Waals surface area contributed by atoms with Crippen molar-refractivity contribution in [3.05, 3.63) is 29.6 Å². The van der Waals surface area contributed by atoms with Crippen molar-refractivity contribution in [3.63, 3.8) is 0 Å². The van der Waals surface area contributed by atoms with Gasteiger partial charge in [-0.3, -0.25) is 10.1 Å². The Balaban J connectivity index is 2.70. The zero-order chi connectivity index (χ0) is 13.0. The summed E-state index contributed by atoms with van der Waals surface area (Å²) in [6.45, 7) is 3.26. The molecule has 92 valence electrons. The van der Waals surface area contributed by atoms with Gasteiger partial charge in [-0.25, -0.2) is 9.18 Å². The molecule has 1 rings (SSSR count). The van der Waals surface area contributed by atoms with Crippen LogP contribution in [-0.4, -0.2) is 18.0 Å². The molecule has 1 atom stereocenters. The number of benzene rings is 1. The van der Waals surface area contributed by atoms with E-state index in [9.17, 15) is 14.0 Å². The maximum atomic E-state index is 13.5. The molecule has 0 radical (unpaired) electrons. The van der Waals surface area contributed by atoms with E-state index in [1.165, 1.54) is 19.1 Å². The number of primary amides is 1. The van der Waals surface area contributed by atoms with Crippen molar-refractivity contribution < 1.29 is 14.0 Å². The van der Waals surface area contributed by atoms with E-state index < -0.39 is 23.8 Å².